The molecule has 33 heavy (non-hydrogen) atoms. The number of H-pyrrole nitrogens is 1. The van der Waals surface area contributed by atoms with Gasteiger partial charge in [0.25, 0.3) is 5.91 Å². The van der Waals surface area contributed by atoms with E-state index in [2.05, 4.69) is 40.8 Å². The Bertz CT molecular complexity index is 1290. The Morgan fingerprint density at radius 3 is 2.73 bits per heavy atom. The number of rotatable bonds is 6. The maximum Gasteiger partial charge on any atom is 0.255 e. The molecule has 1 amide bonds. The molecule has 10 heteroatoms. The smallest absolute Gasteiger partial charge is 0.255 e. The summed E-state index contributed by atoms with van der Waals surface area (Å²) >= 11 is 6.15. The van der Waals surface area contributed by atoms with E-state index >= 15 is 0 Å². The number of carbonyl (C=O) groups excluding carboxylic acids is 1. The predicted molar refractivity (Wildman–Crippen MR) is 128 cm³/mol. The van der Waals surface area contributed by atoms with Gasteiger partial charge in [-0.1, -0.05) is 32.4 Å². The molecule has 2 aromatic carbocycles. The minimum absolute atomic E-state index is 0.0416. The summed E-state index contributed by atoms with van der Waals surface area (Å²) in [5, 5.41) is 2.85. The van der Waals surface area contributed by atoms with Gasteiger partial charge in [-0.15, -0.1) is 0 Å². The number of carbonyl (C=O) groups is 1. The Balaban J connectivity index is 1.52. The molecule has 1 fully saturated rings. The number of nitrogens with one attached hydrogen (secondary N) is 3. The second-order valence-corrected chi connectivity index (χ2v) is 11.3. The Labute approximate surface area is 198 Å². The number of anilines is 1. The SMILES string of the molecule is CC(C)(C)c1nc2ccc(NC(=O)c3ccc(Cl)c(S(=O)(=O)NCC4CCCO4)c3)cc2[nH]1. The van der Waals surface area contributed by atoms with Crippen LogP contribution in [0.1, 0.15) is 49.8 Å². The minimum atomic E-state index is -3.90. The third kappa shape index (κ3) is 5.38. The molecule has 2 heterocycles. The van der Waals surface area contributed by atoms with Crippen molar-refractivity contribution in [2.24, 2.45) is 0 Å². The van der Waals surface area contributed by atoms with E-state index in [-0.39, 0.29) is 33.5 Å². The van der Waals surface area contributed by atoms with Crippen LogP contribution >= 0.6 is 11.6 Å². The average molecular weight is 491 g/mol. The zero-order valence-corrected chi connectivity index (χ0v) is 20.3. The number of aromatic nitrogens is 2. The summed E-state index contributed by atoms with van der Waals surface area (Å²) in [6.07, 6.45) is 1.56. The van der Waals surface area contributed by atoms with Crippen LogP contribution < -0.4 is 10.0 Å². The summed E-state index contributed by atoms with van der Waals surface area (Å²) in [6, 6.07) is 9.55. The largest absolute Gasteiger partial charge is 0.377 e. The number of amides is 1. The molecule has 0 bridgehead atoms. The summed E-state index contributed by atoms with van der Waals surface area (Å²) in [5.74, 6) is 0.404. The molecule has 1 aromatic heterocycles. The van der Waals surface area contributed by atoms with Crippen LogP contribution in [-0.2, 0) is 20.2 Å². The molecule has 1 aliphatic heterocycles. The van der Waals surface area contributed by atoms with E-state index < -0.39 is 15.9 Å². The van der Waals surface area contributed by atoms with Gasteiger partial charge in [-0.25, -0.2) is 18.1 Å². The lowest BCUT2D eigenvalue weighted by molar-refractivity contribution is 0.102. The first-order valence-corrected chi connectivity index (χ1v) is 12.6. The zero-order valence-electron chi connectivity index (χ0n) is 18.7. The molecule has 0 spiro atoms. The third-order valence-corrected chi connectivity index (χ3v) is 7.36. The predicted octanol–water partition coefficient (Wildman–Crippen LogP) is 4.22. The highest BCUT2D eigenvalue weighted by molar-refractivity contribution is 7.89. The number of sulfonamides is 1. The molecule has 176 valence electrons. The van der Waals surface area contributed by atoms with E-state index in [1.54, 1.807) is 12.1 Å². The number of imidazole rings is 1. The summed E-state index contributed by atoms with van der Waals surface area (Å²) < 4.78 is 33.5. The Morgan fingerprint density at radius 1 is 1.24 bits per heavy atom. The van der Waals surface area contributed by atoms with Crippen LogP contribution in [0.5, 0.6) is 0 Å². The summed E-state index contributed by atoms with van der Waals surface area (Å²) in [7, 11) is -3.90. The van der Waals surface area contributed by atoms with E-state index in [4.69, 9.17) is 16.3 Å². The molecule has 8 nitrogen and oxygen atoms in total. The normalized spacial score (nSPS) is 16.9. The van der Waals surface area contributed by atoms with Crippen LogP contribution in [0.3, 0.4) is 0 Å². The average Bonchev–Trinajstić information content (AvgIpc) is 3.41. The van der Waals surface area contributed by atoms with Crippen LogP contribution in [-0.4, -0.2) is 43.5 Å². The molecule has 4 rings (SSSR count). The number of hydrogen-bond donors (Lipinski definition) is 3. The second-order valence-electron chi connectivity index (χ2n) is 9.15. The van der Waals surface area contributed by atoms with Crippen LogP contribution in [0.15, 0.2) is 41.3 Å². The van der Waals surface area contributed by atoms with E-state index in [0.29, 0.717) is 12.3 Å². The molecule has 0 aliphatic carbocycles. The standard InChI is InChI=1S/C23H27ClN4O4S/c1-23(2,3)22-27-18-9-7-15(12-19(18)28-22)26-21(29)14-6-8-17(24)20(11-14)33(30,31)25-13-16-5-4-10-32-16/h6-9,11-12,16,25H,4-5,10,13H2,1-3H3,(H,26,29)(H,27,28). The minimum Gasteiger partial charge on any atom is -0.377 e. The number of halogens is 1. The fraction of sp³-hybridized carbons (Fsp3) is 0.391. The summed E-state index contributed by atoms with van der Waals surface area (Å²) in [5.41, 5.74) is 2.21. The van der Waals surface area contributed by atoms with Crippen LogP contribution in [0.4, 0.5) is 5.69 Å². The van der Waals surface area contributed by atoms with Gasteiger partial charge in [0.15, 0.2) is 0 Å². The monoisotopic (exact) mass is 490 g/mol. The van der Waals surface area contributed by atoms with Crippen LogP contribution in [0.25, 0.3) is 11.0 Å². The number of ether oxygens (including phenoxy) is 1. The van der Waals surface area contributed by atoms with Gasteiger partial charge in [0.2, 0.25) is 10.0 Å². The van der Waals surface area contributed by atoms with Crippen molar-refractivity contribution in [3.63, 3.8) is 0 Å². The van der Waals surface area contributed by atoms with Crippen molar-refractivity contribution < 1.29 is 17.9 Å². The highest BCUT2D eigenvalue weighted by Crippen LogP contribution is 2.26. The fourth-order valence-electron chi connectivity index (χ4n) is 3.58. The molecule has 0 radical (unpaired) electrons. The van der Waals surface area contributed by atoms with E-state index in [9.17, 15) is 13.2 Å². The molecule has 3 N–H and O–H groups in total. The van der Waals surface area contributed by atoms with Gasteiger partial charge in [-0.2, -0.15) is 0 Å². The van der Waals surface area contributed by atoms with Gasteiger partial charge in [0.05, 0.1) is 22.2 Å². The van der Waals surface area contributed by atoms with Crippen molar-refractivity contribution in [2.75, 3.05) is 18.5 Å². The first-order valence-electron chi connectivity index (χ1n) is 10.8. The van der Waals surface area contributed by atoms with Gasteiger partial charge in [-0.3, -0.25) is 4.79 Å². The number of nitrogens with zero attached hydrogens (tertiary/aromatic N) is 1. The van der Waals surface area contributed by atoms with Gasteiger partial charge >= 0.3 is 0 Å². The highest BCUT2D eigenvalue weighted by atomic mass is 35.5. The molecular formula is C23H27ClN4O4S. The van der Waals surface area contributed by atoms with Gasteiger partial charge in [0.1, 0.15) is 10.7 Å². The third-order valence-electron chi connectivity index (χ3n) is 5.46. The fourth-order valence-corrected chi connectivity index (χ4v) is 5.17. The van der Waals surface area contributed by atoms with Crippen molar-refractivity contribution in [1.82, 2.24) is 14.7 Å². The lowest BCUT2D eigenvalue weighted by Gasteiger charge is -2.13. The number of fused-ring (bicyclic) bond motifs is 1. The summed E-state index contributed by atoms with van der Waals surface area (Å²) in [4.78, 5) is 20.6. The molecule has 1 saturated heterocycles. The second kappa shape index (κ2) is 9.06. The first kappa shape index (κ1) is 23.7. The van der Waals surface area contributed by atoms with Gasteiger partial charge in [0, 0.05) is 29.8 Å². The van der Waals surface area contributed by atoms with Gasteiger partial charge < -0.3 is 15.0 Å². The molecule has 0 saturated carbocycles. The highest BCUT2D eigenvalue weighted by Gasteiger charge is 2.24. The lowest BCUT2D eigenvalue weighted by Crippen LogP contribution is -2.32. The molecule has 1 aliphatic rings. The first-order chi connectivity index (χ1) is 15.5. The number of hydrogen-bond acceptors (Lipinski definition) is 5. The van der Waals surface area contributed by atoms with Crippen molar-refractivity contribution in [2.45, 2.75) is 50.0 Å². The summed E-state index contributed by atoms with van der Waals surface area (Å²) in [6.45, 7) is 6.99. The van der Waals surface area contributed by atoms with Crippen molar-refractivity contribution >= 4 is 44.3 Å². The quantitative estimate of drug-likeness (QED) is 0.478. The van der Waals surface area contributed by atoms with Crippen LogP contribution in [0.2, 0.25) is 5.02 Å². The van der Waals surface area contributed by atoms with E-state index in [0.717, 1.165) is 29.7 Å². The van der Waals surface area contributed by atoms with Crippen molar-refractivity contribution in [3.8, 4) is 0 Å². The molecule has 3 aromatic rings. The van der Waals surface area contributed by atoms with Crippen molar-refractivity contribution in [1.29, 1.82) is 0 Å². The van der Waals surface area contributed by atoms with E-state index in [1.807, 2.05) is 6.07 Å². The Hall–Kier alpha value is -2.46. The van der Waals surface area contributed by atoms with Crippen LogP contribution in [0, 0.1) is 0 Å². The molecule has 1 atom stereocenters. The zero-order chi connectivity index (χ0) is 23.8. The molecule has 1 unspecified atom stereocenters. The topological polar surface area (TPSA) is 113 Å². The number of benzene rings is 2. The van der Waals surface area contributed by atoms with E-state index in [1.165, 1.54) is 18.2 Å². The maximum absolute atomic E-state index is 12.9. The lowest BCUT2D eigenvalue weighted by atomic mass is 9.96. The van der Waals surface area contributed by atoms with Crippen molar-refractivity contribution in [3.05, 3.63) is 52.8 Å². The number of aromatic amines is 1. The Morgan fingerprint density at radius 2 is 2.03 bits per heavy atom. The maximum atomic E-state index is 12.9. The Kier molecular flexibility index (Phi) is 6.50. The molecular weight excluding hydrogens is 464 g/mol. The van der Waals surface area contributed by atoms with Gasteiger partial charge in [-0.05, 0) is 49.2 Å².